The molecule has 7 heteroatoms. The third kappa shape index (κ3) is 2.45. The monoisotopic (exact) mass is 299 g/mol. The predicted molar refractivity (Wildman–Crippen MR) is 69.6 cm³/mol. The van der Waals surface area contributed by atoms with Gasteiger partial charge in [-0.3, -0.25) is 0 Å². The van der Waals surface area contributed by atoms with Gasteiger partial charge in [0.1, 0.15) is 11.3 Å². The minimum atomic E-state index is -2.64. The summed E-state index contributed by atoms with van der Waals surface area (Å²) in [6.07, 6.45) is -0.698. The van der Waals surface area contributed by atoms with Gasteiger partial charge in [-0.25, -0.2) is 18.6 Å². The molecule has 4 nitrogen and oxygen atoms in total. The highest BCUT2D eigenvalue weighted by Crippen LogP contribution is 2.37. The first-order valence-corrected chi connectivity index (χ1v) is 6.87. The molecule has 0 radical (unpaired) electrons. The molecule has 0 aliphatic heterocycles. The number of nitrogens with zero attached hydrogens (tertiary/aromatic N) is 1. The first kappa shape index (κ1) is 13.2. The number of hydrogen-bond acceptors (Lipinski definition) is 5. The Morgan fingerprint density at radius 3 is 2.80 bits per heavy atom. The summed E-state index contributed by atoms with van der Waals surface area (Å²) in [6, 6.07) is 3.01. The lowest BCUT2D eigenvalue weighted by molar-refractivity contribution is 0.0600. The van der Waals surface area contributed by atoms with Gasteiger partial charge >= 0.3 is 5.97 Å². The van der Waals surface area contributed by atoms with Gasteiger partial charge in [0.2, 0.25) is 0 Å². The standard InChI is InChI=1S/C13H11F2NO3S/c1-18-13(17)6-4-8(19-7-2-3-7)10-9(5-6)20-12(16-10)11(14)15/h4-5,7,11H,2-3H2,1H3. The van der Waals surface area contributed by atoms with Crippen LogP contribution in [-0.2, 0) is 4.74 Å². The normalized spacial score (nSPS) is 14.8. The van der Waals surface area contributed by atoms with Crippen LogP contribution in [0.2, 0.25) is 0 Å². The number of fused-ring (bicyclic) bond motifs is 1. The maximum atomic E-state index is 12.8. The van der Waals surface area contributed by atoms with Gasteiger partial charge in [0.15, 0.2) is 5.01 Å². The van der Waals surface area contributed by atoms with Crippen LogP contribution in [0.3, 0.4) is 0 Å². The third-order valence-corrected chi connectivity index (χ3v) is 3.91. The van der Waals surface area contributed by atoms with E-state index in [4.69, 9.17) is 4.74 Å². The summed E-state index contributed by atoms with van der Waals surface area (Å²) < 4.78 is 36.3. The summed E-state index contributed by atoms with van der Waals surface area (Å²) >= 11 is 0.860. The Bertz CT molecular complexity index is 667. The van der Waals surface area contributed by atoms with Crippen molar-refractivity contribution >= 4 is 27.5 Å². The van der Waals surface area contributed by atoms with E-state index in [2.05, 4.69) is 9.72 Å². The summed E-state index contributed by atoms with van der Waals surface area (Å²) in [5, 5.41) is -0.275. The van der Waals surface area contributed by atoms with E-state index >= 15 is 0 Å². The molecule has 0 N–H and O–H groups in total. The first-order chi connectivity index (χ1) is 9.58. The SMILES string of the molecule is COC(=O)c1cc(OC2CC2)c2nc(C(F)F)sc2c1. The molecular formula is C13H11F2NO3S. The van der Waals surface area contributed by atoms with Crippen molar-refractivity contribution in [3.05, 3.63) is 22.7 Å². The fourth-order valence-corrected chi connectivity index (χ4v) is 2.68. The van der Waals surface area contributed by atoms with E-state index in [1.807, 2.05) is 0 Å². The lowest BCUT2D eigenvalue weighted by Crippen LogP contribution is -2.03. The summed E-state index contributed by atoms with van der Waals surface area (Å²) in [5.41, 5.74) is 0.657. The topological polar surface area (TPSA) is 48.4 Å². The Hall–Kier alpha value is -1.76. The van der Waals surface area contributed by atoms with Crippen LogP contribution in [0.15, 0.2) is 12.1 Å². The molecule has 0 spiro atoms. The molecule has 3 rings (SSSR count). The number of aromatic nitrogens is 1. The Kier molecular flexibility index (Phi) is 3.29. The van der Waals surface area contributed by atoms with Crippen molar-refractivity contribution in [3.63, 3.8) is 0 Å². The van der Waals surface area contributed by atoms with E-state index in [-0.39, 0.29) is 16.7 Å². The van der Waals surface area contributed by atoms with E-state index in [0.717, 1.165) is 24.2 Å². The number of methoxy groups -OCH3 is 1. The van der Waals surface area contributed by atoms with Crippen molar-refractivity contribution < 1.29 is 23.0 Å². The van der Waals surface area contributed by atoms with Gasteiger partial charge in [-0.2, -0.15) is 0 Å². The maximum absolute atomic E-state index is 12.8. The van der Waals surface area contributed by atoms with Crippen LogP contribution in [0, 0.1) is 0 Å². The molecule has 20 heavy (non-hydrogen) atoms. The van der Waals surface area contributed by atoms with E-state index < -0.39 is 12.4 Å². The van der Waals surface area contributed by atoms with Crippen LogP contribution in [0.5, 0.6) is 5.75 Å². The number of carbonyl (C=O) groups excluding carboxylic acids is 1. The zero-order valence-corrected chi connectivity index (χ0v) is 11.4. The average Bonchev–Trinajstić information content (AvgIpc) is 3.12. The third-order valence-electron chi connectivity index (χ3n) is 2.90. The zero-order valence-electron chi connectivity index (χ0n) is 10.6. The summed E-state index contributed by atoms with van der Waals surface area (Å²) in [4.78, 5) is 15.5. The van der Waals surface area contributed by atoms with Crippen molar-refractivity contribution in [1.82, 2.24) is 4.98 Å². The number of halogens is 2. The lowest BCUT2D eigenvalue weighted by Gasteiger charge is -2.07. The van der Waals surface area contributed by atoms with Crippen LogP contribution in [0.4, 0.5) is 8.78 Å². The highest BCUT2D eigenvalue weighted by atomic mass is 32.1. The van der Waals surface area contributed by atoms with Gasteiger partial charge < -0.3 is 9.47 Å². The predicted octanol–water partition coefficient (Wildman–Crippen LogP) is 3.56. The maximum Gasteiger partial charge on any atom is 0.338 e. The van der Waals surface area contributed by atoms with E-state index in [1.165, 1.54) is 19.2 Å². The molecule has 2 aromatic rings. The Morgan fingerprint density at radius 2 is 2.20 bits per heavy atom. The molecule has 1 saturated carbocycles. The summed E-state index contributed by atoms with van der Waals surface area (Å²) in [6.45, 7) is 0. The smallest absolute Gasteiger partial charge is 0.338 e. The molecule has 0 amide bonds. The number of hydrogen-bond donors (Lipinski definition) is 0. The number of alkyl halides is 2. The van der Waals surface area contributed by atoms with Gasteiger partial charge in [-0.15, -0.1) is 11.3 Å². The first-order valence-electron chi connectivity index (χ1n) is 6.06. The van der Waals surface area contributed by atoms with Gasteiger partial charge in [0.05, 0.1) is 23.5 Å². The van der Waals surface area contributed by atoms with Crippen molar-refractivity contribution in [1.29, 1.82) is 0 Å². The van der Waals surface area contributed by atoms with Crippen molar-refractivity contribution in [2.75, 3.05) is 7.11 Å². The second-order valence-electron chi connectivity index (χ2n) is 4.48. The number of benzene rings is 1. The highest BCUT2D eigenvalue weighted by molar-refractivity contribution is 7.18. The molecular weight excluding hydrogens is 288 g/mol. The van der Waals surface area contributed by atoms with Crippen LogP contribution >= 0.6 is 11.3 Å². The van der Waals surface area contributed by atoms with Crippen LogP contribution < -0.4 is 4.74 Å². The molecule has 1 heterocycles. The molecule has 0 atom stereocenters. The molecule has 1 aliphatic rings. The van der Waals surface area contributed by atoms with Crippen molar-refractivity contribution in [2.24, 2.45) is 0 Å². The minimum absolute atomic E-state index is 0.0859. The summed E-state index contributed by atoms with van der Waals surface area (Å²) in [5.74, 6) is -0.159. The second kappa shape index (κ2) is 4.97. The Labute approximate surface area is 117 Å². The molecule has 0 bridgehead atoms. The number of rotatable bonds is 4. The number of ether oxygens (including phenoxy) is 2. The summed E-state index contributed by atoms with van der Waals surface area (Å²) in [7, 11) is 1.27. The largest absolute Gasteiger partial charge is 0.488 e. The van der Waals surface area contributed by atoms with Crippen LogP contribution in [0.1, 0.15) is 34.6 Å². The van der Waals surface area contributed by atoms with Crippen LogP contribution in [-0.4, -0.2) is 24.2 Å². The van der Waals surface area contributed by atoms with E-state index in [1.54, 1.807) is 0 Å². The fourth-order valence-electron chi connectivity index (χ4n) is 1.80. The second-order valence-corrected chi connectivity index (χ2v) is 5.54. The van der Waals surface area contributed by atoms with Gasteiger partial charge in [0.25, 0.3) is 6.43 Å². The number of thiazole rings is 1. The Morgan fingerprint density at radius 1 is 1.45 bits per heavy atom. The number of esters is 1. The van der Waals surface area contributed by atoms with Crippen molar-refractivity contribution in [2.45, 2.75) is 25.4 Å². The van der Waals surface area contributed by atoms with E-state index in [0.29, 0.717) is 16.0 Å². The molecule has 0 saturated heterocycles. The molecule has 1 aromatic carbocycles. The molecule has 1 fully saturated rings. The van der Waals surface area contributed by atoms with Crippen molar-refractivity contribution in [3.8, 4) is 5.75 Å². The fraction of sp³-hybridized carbons (Fsp3) is 0.385. The average molecular weight is 299 g/mol. The Balaban J connectivity index is 2.11. The molecule has 1 aromatic heterocycles. The quantitative estimate of drug-likeness (QED) is 0.810. The van der Waals surface area contributed by atoms with Gasteiger partial charge in [-0.05, 0) is 25.0 Å². The number of carbonyl (C=O) groups is 1. The van der Waals surface area contributed by atoms with Gasteiger partial charge in [-0.1, -0.05) is 0 Å². The minimum Gasteiger partial charge on any atom is -0.488 e. The highest BCUT2D eigenvalue weighted by Gasteiger charge is 2.26. The zero-order chi connectivity index (χ0) is 14.3. The molecule has 1 aliphatic carbocycles. The van der Waals surface area contributed by atoms with E-state index in [9.17, 15) is 13.6 Å². The molecule has 106 valence electrons. The molecule has 0 unspecified atom stereocenters. The van der Waals surface area contributed by atoms with Gasteiger partial charge in [0, 0.05) is 0 Å². The lowest BCUT2D eigenvalue weighted by atomic mass is 10.2. The van der Waals surface area contributed by atoms with Crippen LogP contribution in [0.25, 0.3) is 10.2 Å².